The molecule has 1 amide bonds. The number of benzene rings is 1. The highest BCUT2D eigenvalue weighted by Gasteiger charge is 2.15. The Morgan fingerprint density at radius 2 is 2.28 bits per heavy atom. The molecule has 0 saturated heterocycles. The molecule has 0 aliphatic carbocycles. The van der Waals surface area contributed by atoms with Gasteiger partial charge in [-0.3, -0.25) is 4.79 Å². The van der Waals surface area contributed by atoms with E-state index in [-0.39, 0.29) is 11.7 Å². The van der Waals surface area contributed by atoms with Gasteiger partial charge < -0.3 is 15.8 Å². The number of carbonyl (C=O) groups excluding carboxylic acids is 1. The van der Waals surface area contributed by atoms with E-state index in [2.05, 4.69) is 21.2 Å². The minimum absolute atomic E-state index is 0.300. The summed E-state index contributed by atoms with van der Waals surface area (Å²) in [6.45, 7) is 2.13. The van der Waals surface area contributed by atoms with Crippen LogP contribution in [0.4, 0.5) is 10.1 Å². The Labute approximate surface area is 114 Å². The predicted octanol–water partition coefficient (Wildman–Crippen LogP) is 2.20. The van der Waals surface area contributed by atoms with Crippen LogP contribution >= 0.6 is 15.9 Å². The van der Waals surface area contributed by atoms with E-state index in [1.807, 2.05) is 0 Å². The van der Waals surface area contributed by atoms with Crippen LogP contribution in [0.25, 0.3) is 0 Å². The Kier molecular flexibility index (Phi) is 5.71. The maximum atomic E-state index is 13.2. The Bertz CT molecular complexity index is 440. The molecule has 1 rings (SSSR count). The molecule has 0 aliphatic heterocycles. The van der Waals surface area contributed by atoms with Gasteiger partial charge in [0.05, 0.1) is 10.5 Å². The van der Waals surface area contributed by atoms with Gasteiger partial charge in [-0.15, -0.1) is 0 Å². The Morgan fingerprint density at radius 1 is 1.61 bits per heavy atom. The van der Waals surface area contributed by atoms with Gasteiger partial charge in [-0.25, -0.2) is 4.39 Å². The number of hydrogen-bond donors (Lipinski definition) is 2. The summed E-state index contributed by atoms with van der Waals surface area (Å²) >= 11 is 3.07. The van der Waals surface area contributed by atoms with Crippen LogP contribution in [0.2, 0.25) is 0 Å². The molecule has 1 unspecified atom stereocenters. The van der Waals surface area contributed by atoms with Crippen molar-refractivity contribution in [3.05, 3.63) is 28.0 Å². The highest BCUT2D eigenvalue weighted by molar-refractivity contribution is 9.10. The number of nitrogens with one attached hydrogen (secondary N) is 1. The van der Waals surface area contributed by atoms with Gasteiger partial charge in [0.25, 0.3) is 0 Å². The molecule has 0 aliphatic rings. The number of rotatable bonds is 5. The number of anilines is 1. The van der Waals surface area contributed by atoms with Crippen molar-refractivity contribution in [3.63, 3.8) is 0 Å². The molecule has 0 saturated carbocycles. The number of hydrogen-bond acceptors (Lipinski definition) is 3. The van der Waals surface area contributed by atoms with E-state index < -0.39 is 6.04 Å². The molecule has 6 heteroatoms. The van der Waals surface area contributed by atoms with Gasteiger partial charge in [0.2, 0.25) is 5.91 Å². The quantitative estimate of drug-likeness (QED) is 0.874. The molecule has 0 radical (unpaired) electrons. The average molecular weight is 319 g/mol. The second kappa shape index (κ2) is 6.82. The second-order valence-electron chi connectivity index (χ2n) is 3.96. The third kappa shape index (κ3) is 4.04. The van der Waals surface area contributed by atoms with Crippen LogP contribution < -0.4 is 11.1 Å². The van der Waals surface area contributed by atoms with Crippen LogP contribution in [-0.2, 0) is 9.53 Å². The second-order valence-corrected chi connectivity index (χ2v) is 4.81. The van der Waals surface area contributed by atoms with Crippen LogP contribution in [0.3, 0.4) is 0 Å². The Morgan fingerprint density at radius 3 is 2.89 bits per heavy atom. The molecular formula is C12H16BrFN2O2. The Balaban J connectivity index is 2.72. The lowest BCUT2D eigenvalue weighted by Crippen LogP contribution is -2.36. The highest BCUT2D eigenvalue weighted by atomic mass is 79.9. The van der Waals surface area contributed by atoms with Crippen molar-refractivity contribution in [2.45, 2.75) is 19.4 Å². The van der Waals surface area contributed by atoms with E-state index in [9.17, 15) is 9.18 Å². The minimum atomic E-state index is -0.645. The SMILES string of the molecule is COCCC(N)C(=O)Nc1cc(Br)c(F)cc1C. The first-order valence-electron chi connectivity index (χ1n) is 5.46. The van der Waals surface area contributed by atoms with Crippen molar-refractivity contribution in [3.8, 4) is 0 Å². The lowest BCUT2D eigenvalue weighted by molar-refractivity contribution is -0.117. The van der Waals surface area contributed by atoms with E-state index in [0.717, 1.165) is 0 Å². The van der Waals surface area contributed by atoms with E-state index >= 15 is 0 Å². The van der Waals surface area contributed by atoms with Gasteiger partial charge in [-0.05, 0) is 47.0 Å². The van der Waals surface area contributed by atoms with Crippen molar-refractivity contribution >= 4 is 27.5 Å². The zero-order valence-corrected chi connectivity index (χ0v) is 11.9. The fourth-order valence-corrected chi connectivity index (χ4v) is 1.73. The minimum Gasteiger partial charge on any atom is -0.385 e. The Hall–Kier alpha value is -0.980. The van der Waals surface area contributed by atoms with Crippen molar-refractivity contribution in [1.29, 1.82) is 0 Å². The first-order chi connectivity index (χ1) is 8.45. The third-order valence-electron chi connectivity index (χ3n) is 2.49. The number of amides is 1. The van der Waals surface area contributed by atoms with Gasteiger partial charge in [0, 0.05) is 19.4 Å². The summed E-state index contributed by atoms with van der Waals surface area (Å²) in [5, 5.41) is 2.67. The third-order valence-corrected chi connectivity index (χ3v) is 3.10. The molecule has 4 nitrogen and oxygen atoms in total. The van der Waals surface area contributed by atoms with Crippen molar-refractivity contribution < 1.29 is 13.9 Å². The zero-order chi connectivity index (χ0) is 13.7. The summed E-state index contributed by atoms with van der Waals surface area (Å²) in [6, 6.07) is 2.22. The average Bonchev–Trinajstić information content (AvgIpc) is 2.32. The van der Waals surface area contributed by atoms with Gasteiger partial charge >= 0.3 is 0 Å². The van der Waals surface area contributed by atoms with Gasteiger partial charge in [0.15, 0.2) is 0 Å². The van der Waals surface area contributed by atoms with Crippen LogP contribution in [0.15, 0.2) is 16.6 Å². The molecule has 100 valence electrons. The number of ether oxygens (including phenoxy) is 1. The molecule has 1 aromatic carbocycles. The number of nitrogens with two attached hydrogens (primary N) is 1. The van der Waals surface area contributed by atoms with Crippen LogP contribution in [0, 0.1) is 12.7 Å². The molecule has 0 fully saturated rings. The standard InChI is InChI=1S/C12H16BrFN2O2/c1-7-5-9(14)8(13)6-11(7)16-12(17)10(15)3-4-18-2/h5-6,10H,3-4,15H2,1-2H3,(H,16,17). The monoisotopic (exact) mass is 318 g/mol. The lowest BCUT2D eigenvalue weighted by Gasteiger charge is -2.14. The topological polar surface area (TPSA) is 64.3 Å². The number of halogens is 2. The van der Waals surface area contributed by atoms with E-state index in [1.54, 1.807) is 14.0 Å². The summed E-state index contributed by atoms with van der Waals surface area (Å²) in [5.74, 6) is -0.678. The molecule has 0 heterocycles. The molecular weight excluding hydrogens is 303 g/mol. The molecule has 1 atom stereocenters. The van der Waals surface area contributed by atoms with Crippen LogP contribution in [-0.4, -0.2) is 25.7 Å². The normalized spacial score (nSPS) is 12.3. The summed E-state index contributed by atoms with van der Waals surface area (Å²) in [6.07, 6.45) is 0.434. The summed E-state index contributed by atoms with van der Waals surface area (Å²) in [7, 11) is 1.55. The molecule has 0 spiro atoms. The maximum Gasteiger partial charge on any atom is 0.241 e. The molecule has 3 N–H and O–H groups in total. The number of carbonyl (C=O) groups is 1. The molecule has 0 aromatic heterocycles. The van der Waals surface area contributed by atoms with Crippen LogP contribution in [0.1, 0.15) is 12.0 Å². The molecule has 0 bridgehead atoms. The fourth-order valence-electron chi connectivity index (χ4n) is 1.38. The van der Waals surface area contributed by atoms with Gasteiger partial charge in [-0.1, -0.05) is 0 Å². The van der Waals surface area contributed by atoms with Crippen LogP contribution in [0.5, 0.6) is 0 Å². The summed E-state index contributed by atoms with van der Waals surface area (Å²) < 4.78 is 18.4. The first-order valence-corrected chi connectivity index (χ1v) is 6.26. The predicted molar refractivity (Wildman–Crippen MR) is 71.9 cm³/mol. The largest absolute Gasteiger partial charge is 0.385 e. The molecule has 1 aromatic rings. The van der Waals surface area contributed by atoms with E-state index in [4.69, 9.17) is 10.5 Å². The number of aryl methyl sites for hydroxylation is 1. The van der Waals surface area contributed by atoms with Gasteiger partial charge in [0.1, 0.15) is 5.82 Å². The smallest absolute Gasteiger partial charge is 0.241 e. The van der Waals surface area contributed by atoms with E-state index in [1.165, 1.54) is 12.1 Å². The lowest BCUT2D eigenvalue weighted by atomic mass is 10.1. The fraction of sp³-hybridized carbons (Fsp3) is 0.417. The van der Waals surface area contributed by atoms with Crippen molar-refractivity contribution in [2.24, 2.45) is 5.73 Å². The van der Waals surface area contributed by atoms with Crippen molar-refractivity contribution in [1.82, 2.24) is 0 Å². The summed E-state index contributed by atoms with van der Waals surface area (Å²) in [5.41, 5.74) is 6.88. The maximum absolute atomic E-state index is 13.2. The van der Waals surface area contributed by atoms with Gasteiger partial charge in [-0.2, -0.15) is 0 Å². The van der Waals surface area contributed by atoms with Crippen molar-refractivity contribution in [2.75, 3.05) is 19.0 Å². The molecule has 18 heavy (non-hydrogen) atoms. The summed E-state index contributed by atoms with van der Waals surface area (Å²) in [4.78, 5) is 11.8. The number of methoxy groups -OCH3 is 1. The highest BCUT2D eigenvalue weighted by Crippen LogP contribution is 2.24. The van der Waals surface area contributed by atoms with E-state index in [0.29, 0.717) is 28.8 Å². The first kappa shape index (κ1) is 15.1. The zero-order valence-electron chi connectivity index (χ0n) is 10.3.